The van der Waals surface area contributed by atoms with E-state index in [0.717, 1.165) is 19.3 Å². The van der Waals surface area contributed by atoms with Crippen molar-refractivity contribution in [2.45, 2.75) is 36.6 Å². The Balaban J connectivity index is 2.35. The van der Waals surface area contributed by atoms with Gasteiger partial charge in [-0.05, 0) is 67.0 Å². The zero-order chi connectivity index (χ0) is 14.3. The minimum absolute atomic E-state index is 0.00144. The topological polar surface area (TPSA) is 83.5 Å². The van der Waals surface area contributed by atoms with Crippen molar-refractivity contribution in [1.82, 2.24) is 4.72 Å². The number of aromatic carboxylic acids is 1. The van der Waals surface area contributed by atoms with E-state index in [-0.39, 0.29) is 10.5 Å². The summed E-state index contributed by atoms with van der Waals surface area (Å²) in [6.07, 6.45) is 2.62. The molecule has 1 aromatic carbocycles. The fourth-order valence-corrected chi connectivity index (χ4v) is 4.09. The third-order valence-electron chi connectivity index (χ3n) is 3.32. The molecule has 0 radical (unpaired) electrons. The number of halogens is 1. The van der Waals surface area contributed by atoms with Gasteiger partial charge in [0.1, 0.15) is 0 Å². The zero-order valence-electron chi connectivity index (χ0n) is 10.3. The van der Waals surface area contributed by atoms with Crippen LogP contribution < -0.4 is 4.72 Å². The molecule has 1 saturated carbocycles. The Labute approximate surface area is 125 Å². The second kappa shape index (κ2) is 5.02. The standard InChI is InChI=1S/C12H14INO4S/c1-12(5-2-6-12)14-19(17,18)8-3-4-10(13)9(7-8)11(15)16/h3-4,7,14H,2,5-6H2,1H3,(H,15,16). The monoisotopic (exact) mass is 395 g/mol. The number of carbonyl (C=O) groups is 1. The molecule has 2 rings (SSSR count). The molecule has 7 heteroatoms. The van der Waals surface area contributed by atoms with Gasteiger partial charge in [-0.3, -0.25) is 0 Å². The number of sulfonamides is 1. The summed E-state index contributed by atoms with van der Waals surface area (Å²) >= 11 is 1.87. The van der Waals surface area contributed by atoms with E-state index in [1.165, 1.54) is 18.2 Å². The highest BCUT2D eigenvalue weighted by atomic mass is 127. The molecule has 0 aromatic heterocycles. The number of nitrogens with one attached hydrogen (secondary N) is 1. The van der Waals surface area contributed by atoms with E-state index in [9.17, 15) is 13.2 Å². The highest BCUT2D eigenvalue weighted by Crippen LogP contribution is 2.32. The smallest absolute Gasteiger partial charge is 0.336 e. The molecule has 0 aliphatic heterocycles. The Hall–Kier alpha value is -0.670. The Morgan fingerprint density at radius 3 is 2.53 bits per heavy atom. The SMILES string of the molecule is CC1(NS(=O)(=O)c2ccc(I)c(C(=O)O)c2)CCC1. The molecule has 19 heavy (non-hydrogen) atoms. The van der Waals surface area contributed by atoms with E-state index in [0.29, 0.717) is 3.57 Å². The number of hydrogen-bond donors (Lipinski definition) is 2. The Bertz CT molecular complexity index is 623. The highest BCUT2D eigenvalue weighted by molar-refractivity contribution is 14.1. The van der Waals surface area contributed by atoms with Crippen LogP contribution in [0.3, 0.4) is 0 Å². The molecule has 1 aliphatic carbocycles. The predicted molar refractivity (Wildman–Crippen MR) is 78.7 cm³/mol. The number of hydrogen-bond acceptors (Lipinski definition) is 3. The summed E-state index contributed by atoms with van der Waals surface area (Å²) in [5.41, 5.74) is -0.396. The quantitative estimate of drug-likeness (QED) is 0.766. The molecule has 0 spiro atoms. The molecule has 0 amide bonds. The molecule has 1 aliphatic rings. The maximum absolute atomic E-state index is 12.2. The average Bonchev–Trinajstić information content (AvgIpc) is 2.26. The molecule has 104 valence electrons. The maximum atomic E-state index is 12.2. The zero-order valence-corrected chi connectivity index (χ0v) is 13.3. The first kappa shape index (κ1) is 14.7. The highest BCUT2D eigenvalue weighted by Gasteiger charge is 2.36. The van der Waals surface area contributed by atoms with E-state index in [4.69, 9.17) is 5.11 Å². The number of benzene rings is 1. The van der Waals surface area contributed by atoms with E-state index in [1.54, 1.807) is 0 Å². The van der Waals surface area contributed by atoms with Crippen LogP contribution in [-0.4, -0.2) is 25.0 Å². The van der Waals surface area contributed by atoms with Gasteiger partial charge in [0.25, 0.3) is 0 Å². The van der Waals surface area contributed by atoms with Crippen molar-refractivity contribution in [2.75, 3.05) is 0 Å². The molecule has 5 nitrogen and oxygen atoms in total. The first-order valence-corrected chi connectivity index (χ1v) is 8.37. The lowest BCUT2D eigenvalue weighted by molar-refractivity contribution is 0.0695. The summed E-state index contributed by atoms with van der Waals surface area (Å²) in [5.74, 6) is -1.13. The minimum atomic E-state index is -3.67. The third kappa shape index (κ3) is 3.09. The van der Waals surface area contributed by atoms with Crippen molar-refractivity contribution in [3.8, 4) is 0 Å². The summed E-state index contributed by atoms with van der Waals surface area (Å²) < 4.78 is 27.6. The van der Waals surface area contributed by atoms with Crippen LogP contribution in [0.25, 0.3) is 0 Å². The lowest BCUT2D eigenvalue weighted by Crippen LogP contribution is -2.50. The molecule has 0 saturated heterocycles. The van der Waals surface area contributed by atoms with Crippen molar-refractivity contribution in [3.63, 3.8) is 0 Å². The van der Waals surface area contributed by atoms with Crippen molar-refractivity contribution >= 4 is 38.6 Å². The van der Waals surface area contributed by atoms with Gasteiger partial charge < -0.3 is 5.11 Å². The Kier molecular flexibility index (Phi) is 3.90. The number of carboxylic acid groups (broad SMARTS) is 1. The molecule has 0 heterocycles. The van der Waals surface area contributed by atoms with Gasteiger partial charge in [0, 0.05) is 9.11 Å². The predicted octanol–water partition coefficient (Wildman–Crippen LogP) is 2.21. The van der Waals surface area contributed by atoms with E-state index < -0.39 is 21.5 Å². The summed E-state index contributed by atoms with van der Waals surface area (Å²) in [5, 5.41) is 9.03. The van der Waals surface area contributed by atoms with Gasteiger partial charge in [0.2, 0.25) is 10.0 Å². The normalized spacial score (nSPS) is 17.8. The second-order valence-electron chi connectivity index (χ2n) is 4.97. The van der Waals surface area contributed by atoms with Crippen LogP contribution in [-0.2, 0) is 10.0 Å². The Morgan fingerprint density at radius 1 is 1.42 bits per heavy atom. The number of rotatable bonds is 4. The van der Waals surface area contributed by atoms with Crippen molar-refractivity contribution in [1.29, 1.82) is 0 Å². The molecule has 0 unspecified atom stereocenters. The lowest BCUT2D eigenvalue weighted by atomic mass is 9.80. The van der Waals surface area contributed by atoms with Crippen LogP contribution in [0.15, 0.2) is 23.1 Å². The number of carboxylic acids is 1. The van der Waals surface area contributed by atoms with Gasteiger partial charge in [-0.15, -0.1) is 0 Å². The molecule has 1 fully saturated rings. The maximum Gasteiger partial charge on any atom is 0.336 e. The minimum Gasteiger partial charge on any atom is -0.478 e. The van der Waals surface area contributed by atoms with Crippen LogP contribution >= 0.6 is 22.6 Å². The van der Waals surface area contributed by atoms with Crippen LogP contribution in [0, 0.1) is 3.57 Å². The van der Waals surface area contributed by atoms with E-state index >= 15 is 0 Å². The first-order valence-electron chi connectivity index (χ1n) is 5.80. The summed E-state index contributed by atoms with van der Waals surface area (Å²) in [4.78, 5) is 11.0. The molecule has 2 N–H and O–H groups in total. The molecule has 0 bridgehead atoms. The molecular formula is C12H14INO4S. The van der Waals surface area contributed by atoms with Gasteiger partial charge in [0.05, 0.1) is 10.5 Å². The molecule has 0 atom stereocenters. The van der Waals surface area contributed by atoms with Crippen molar-refractivity contribution in [3.05, 3.63) is 27.3 Å². The fraction of sp³-hybridized carbons (Fsp3) is 0.417. The third-order valence-corrected chi connectivity index (χ3v) is 5.89. The van der Waals surface area contributed by atoms with E-state index in [2.05, 4.69) is 4.72 Å². The molecule has 1 aromatic rings. The average molecular weight is 395 g/mol. The van der Waals surface area contributed by atoms with Crippen LogP contribution in [0.5, 0.6) is 0 Å². The summed E-state index contributed by atoms with van der Waals surface area (Å²) in [6.45, 7) is 1.86. The van der Waals surface area contributed by atoms with Crippen LogP contribution in [0.4, 0.5) is 0 Å². The molecular weight excluding hydrogens is 381 g/mol. The van der Waals surface area contributed by atoms with Gasteiger partial charge >= 0.3 is 5.97 Å². The van der Waals surface area contributed by atoms with Crippen molar-refractivity contribution in [2.24, 2.45) is 0 Å². The van der Waals surface area contributed by atoms with Gasteiger partial charge in [0.15, 0.2) is 0 Å². The van der Waals surface area contributed by atoms with Gasteiger partial charge in [-0.1, -0.05) is 0 Å². The van der Waals surface area contributed by atoms with Gasteiger partial charge in [-0.25, -0.2) is 17.9 Å². The van der Waals surface area contributed by atoms with E-state index in [1.807, 2.05) is 29.5 Å². The second-order valence-corrected chi connectivity index (χ2v) is 7.81. The largest absolute Gasteiger partial charge is 0.478 e. The fourth-order valence-electron chi connectivity index (χ4n) is 2.03. The lowest BCUT2D eigenvalue weighted by Gasteiger charge is -2.38. The van der Waals surface area contributed by atoms with Crippen molar-refractivity contribution < 1.29 is 18.3 Å². The Morgan fingerprint density at radius 2 is 2.05 bits per heavy atom. The van der Waals surface area contributed by atoms with Crippen LogP contribution in [0.2, 0.25) is 0 Å². The summed E-state index contributed by atoms with van der Waals surface area (Å²) in [7, 11) is -3.67. The first-order chi connectivity index (χ1) is 8.73. The summed E-state index contributed by atoms with van der Waals surface area (Å²) in [6, 6.07) is 4.13. The van der Waals surface area contributed by atoms with Crippen LogP contribution in [0.1, 0.15) is 36.5 Å². The van der Waals surface area contributed by atoms with Gasteiger partial charge in [-0.2, -0.15) is 0 Å².